The van der Waals surface area contributed by atoms with Crippen LogP contribution in [0.5, 0.6) is 0 Å². The molecule has 82 valence electrons. The zero-order valence-corrected chi connectivity index (χ0v) is 9.74. The molecule has 2 aromatic rings. The van der Waals surface area contributed by atoms with E-state index in [-0.39, 0.29) is 0 Å². The fraction of sp³-hybridized carbons (Fsp3) is 0.231. The molecular formula is C13H15FN2+2. The molecule has 2 aromatic heterocycles. The number of nitrogens with zero attached hydrogens (tertiary/aromatic N) is 2. The van der Waals surface area contributed by atoms with E-state index in [9.17, 15) is 4.48 Å². The molecule has 0 radical (unpaired) electrons. The first-order valence-electron chi connectivity index (χ1n) is 5.23. The molecule has 0 aliphatic carbocycles. The van der Waals surface area contributed by atoms with E-state index >= 15 is 0 Å². The van der Waals surface area contributed by atoms with Gasteiger partial charge in [-0.15, -0.1) is 0 Å². The van der Waals surface area contributed by atoms with Crippen molar-refractivity contribution in [3.05, 3.63) is 47.8 Å². The van der Waals surface area contributed by atoms with Gasteiger partial charge in [-0.25, -0.2) is 0 Å². The third-order valence-electron chi connectivity index (χ3n) is 2.63. The quantitative estimate of drug-likeness (QED) is 0.645. The van der Waals surface area contributed by atoms with Crippen molar-refractivity contribution in [3.8, 4) is 11.4 Å². The van der Waals surface area contributed by atoms with Crippen LogP contribution in [-0.4, -0.2) is 0 Å². The fourth-order valence-corrected chi connectivity index (χ4v) is 1.70. The first kappa shape index (κ1) is 10.7. The van der Waals surface area contributed by atoms with Gasteiger partial charge >= 0.3 is 5.69 Å². The lowest BCUT2D eigenvalue weighted by molar-refractivity contribution is -0.838. The second kappa shape index (κ2) is 4.00. The number of hydrogen-bond donors (Lipinski definition) is 0. The van der Waals surface area contributed by atoms with E-state index in [0.717, 1.165) is 16.8 Å². The van der Waals surface area contributed by atoms with Gasteiger partial charge in [-0.1, -0.05) is 0 Å². The smallest absolute Gasteiger partial charge is 0.196 e. The Labute approximate surface area is 94.5 Å². The Morgan fingerprint density at radius 3 is 2.19 bits per heavy atom. The summed E-state index contributed by atoms with van der Waals surface area (Å²) in [6, 6.07) is 7.57. The molecule has 2 heterocycles. The molecule has 0 unspecified atom stereocenters. The average Bonchev–Trinajstić information content (AvgIpc) is 2.25. The van der Waals surface area contributed by atoms with E-state index in [1.807, 2.05) is 49.9 Å². The minimum atomic E-state index is 0.575. The first-order valence-corrected chi connectivity index (χ1v) is 5.23. The largest absolute Gasteiger partial charge is 0.324 e. The lowest BCUT2D eigenvalue weighted by Gasteiger charge is -1.98. The SMILES string of the molecule is Cc1cc[n+](C)c(-c2cc(C)cc[n+]2F)c1. The maximum absolute atomic E-state index is 13.7. The zero-order valence-electron chi connectivity index (χ0n) is 9.74. The minimum Gasteiger partial charge on any atom is -0.196 e. The monoisotopic (exact) mass is 218 g/mol. The summed E-state index contributed by atoms with van der Waals surface area (Å²) in [4.78, 5) is 0.655. The number of aromatic nitrogens is 2. The van der Waals surface area contributed by atoms with Crippen LogP contribution in [-0.2, 0) is 7.05 Å². The van der Waals surface area contributed by atoms with Gasteiger partial charge in [0.2, 0.25) is 6.20 Å². The Hall–Kier alpha value is -1.77. The third kappa shape index (κ3) is 1.94. The minimum absolute atomic E-state index is 0.575. The van der Waals surface area contributed by atoms with Crippen LogP contribution in [0.2, 0.25) is 0 Å². The summed E-state index contributed by atoms with van der Waals surface area (Å²) in [7, 11) is 1.91. The molecule has 16 heavy (non-hydrogen) atoms. The zero-order chi connectivity index (χ0) is 11.7. The van der Waals surface area contributed by atoms with Crippen molar-refractivity contribution in [2.24, 2.45) is 7.05 Å². The molecule has 0 bridgehead atoms. The predicted molar refractivity (Wildman–Crippen MR) is 59.2 cm³/mol. The third-order valence-corrected chi connectivity index (χ3v) is 2.63. The van der Waals surface area contributed by atoms with E-state index in [4.69, 9.17) is 0 Å². The lowest BCUT2D eigenvalue weighted by Crippen LogP contribution is -2.36. The number of halogens is 1. The number of pyridine rings is 2. The van der Waals surface area contributed by atoms with Gasteiger partial charge in [-0.3, -0.25) is 0 Å². The summed E-state index contributed by atoms with van der Waals surface area (Å²) < 4.78 is 15.6. The maximum atomic E-state index is 13.7. The molecule has 0 aromatic carbocycles. The Morgan fingerprint density at radius 1 is 0.938 bits per heavy atom. The van der Waals surface area contributed by atoms with Crippen LogP contribution in [0.25, 0.3) is 11.4 Å². The molecule has 2 nitrogen and oxygen atoms in total. The molecule has 0 saturated heterocycles. The molecule has 0 amide bonds. The average molecular weight is 218 g/mol. The highest BCUT2D eigenvalue weighted by Gasteiger charge is 2.22. The number of aryl methyl sites for hydroxylation is 3. The van der Waals surface area contributed by atoms with Crippen molar-refractivity contribution in [2.75, 3.05) is 0 Å². The molecule has 0 fully saturated rings. The Balaban J connectivity index is 2.66. The normalized spacial score (nSPS) is 10.5. The van der Waals surface area contributed by atoms with Crippen molar-refractivity contribution >= 4 is 0 Å². The Bertz CT molecular complexity index is 486. The van der Waals surface area contributed by atoms with Crippen molar-refractivity contribution in [3.63, 3.8) is 0 Å². The molecule has 0 aliphatic heterocycles. The molecule has 3 heteroatoms. The van der Waals surface area contributed by atoms with Crippen LogP contribution >= 0.6 is 0 Å². The van der Waals surface area contributed by atoms with Gasteiger partial charge in [-0.05, 0) is 25.0 Å². The number of rotatable bonds is 1. The Kier molecular flexibility index (Phi) is 2.69. The van der Waals surface area contributed by atoms with Crippen LogP contribution in [0.4, 0.5) is 4.48 Å². The van der Waals surface area contributed by atoms with Crippen molar-refractivity contribution in [2.45, 2.75) is 13.8 Å². The summed E-state index contributed by atoms with van der Waals surface area (Å²) in [6.07, 6.45) is 3.38. The summed E-state index contributed by atoms with van der Waals surface area (Å²) in [5.74, 6) is 0. The van der Waals surface area contributed by atoms with E-state index in [1.54, 1.807) is 6.07 Å². The van der Waals surface area contributed by atoms with E-state index < -0.39 is 0 Å². The van der Waals surface area contributed by atoms with Gasteiger partial charge in [0.1, 0.15) is 7.05 Å². The van der Waals surface area contributed by atoms with Crippen LogP contribution in [0, 0.1) is 13.8 Å². The highest BCUT2D eigenvalue weighted by molar-refractivity contribution is 5.48. The van der Waals surface area contributed by atoms with Crippen LogP contribution in [0.15, 0.2) is 36.7 Å². The van der Waals surface area contributed by atoms with E-state index in [1.165, 1.54) is 6.20 Å². The predicted octanol–water partition coefficient (Wildman–Crippen LogP) is 1.82. The van der Waals surface area contributed by atoms with Crippen molar-refractivity contribution in [1.29, 1.82) is 0 Å². The summed E-state index contributed by atoms with van der Waals surface area (Å²) in [5, 5.41) is 0. The van der Waals surface area contributed by atoms with Gasteiger partial charge in [0.05, 0.1) is 4.48 Å². The Morgan fingerprint density at radius 2 is 1.50 bits per heavy atom. The highest BCUT2D eigenvalue weighted by Crippen LogP contribution is 2.13. The van der Waals surface area contributed by atoms with Crippen LogP contribution in [0.1, 0.15) is 11.1 Å². The molecule has 0 saturated carbocycles. The fourth-order valence-electron chi connectivity index (χ4n) is 1.70. The van der Waals surface area contributed by atoms with Gasteiger partial charge in [0, 0.05) is 29.1 Å². The molecule has 0 atom stereocenters. The summed E-state index contributed by atoms with van der Waals surface area (Å²) >= 11 is 0. The van der Waals surface area contributed by atoms with Gasteiger partial charge in [0.25, 0.3) is 5.69 Å². The molecular weight excluding hydrogens is 203 g/mol. The molecule has 0 N–H and O–H groups in total. The van der Waals surface area contributed by atoms with E-state index in [0.29, 0.717) is 10.5 Å². The number of hydrogen-bond acceptors (Lipinski definition) is 0. The lowest BCUT2D eigenvalue weighted by atomic mass is 10.1. The highest BCUT2D eigenvalue weighted by atomic mass is 19.2. The van der Waals surface area contributed by atoms with Crippen LogP contribution in [0.3, 0.4) is 0 Å². The molecule has 0 aliphatic rings. The van der Waals surface area contributed by atoms with Crippen LogP contribution < -0.4 is 9.36 Å². The topological polar surface area (TPSA) is 7.76 Å². The first-order chi connectivity index (χ1) is 7.58. The summed E-state index contributed by atoms with van der Waals surface area (Å²) in [5.41, 5.74) is 3.61. The van der Waals surface area contributed by atoms with Gasteiger partial charge < -0.3 is 0 Å². The molecule has 0 spiro atoms. The second-order valence-electron chi connectivity index (χ2n) is 4.10. The van der Waals surface area contributed by atoms with Crippen molar-refractivity contribution < 1.29 is 13.8 Å². The maximum Gasteiger partial charge on any atom is 0.324 e. The van der Waals surface area contributed by atoms with E-state index in [2.05, 4.69) is 0 Å². The standard InChI is InChI=1S/C13H15FN2/c1-10-4-6-15(3)12(8-10)13-9-11(2)5-7-16(13)14/h4-9H,1-3H3/q+2. The second-order valence-corrected chi connectivity index (χ2v) is 4.10. The van der Waals surface area contributed by atoms with Crippen molar-refractivity contribution in [1.82, 2.24) is 0 Å². The van der Waals surface area contributed by atoms with Gasteiger partial charge in [0.15, 0.2) is 6.20 Å². The molecule has 2 rings (SSSR count). The summed E-state index contributed by atoms with van der Waals surface area (Å²) in [6.45, 7) is 3.96. The van der Waals surface area contributed by atoms with Gasteiger partial charge in [-0.2, -0.15) is 4.57 Å².